The molecular weight excluding hydrogens is 188 g/mol. The molecule has 0 saturated carbocycles. The van der Waals surface area contributed by atoms with Crippen molar-refractivity contribution in [3.63, 3.8) is 0 Å². The Balaban J connectivity index is 2.48. The monoisotopic (exact) mass is 204 g/mol. The van der Waals surface area contributed by atoms with Crippen LogP contribution in [0.4, 0.5) is 0 Å². The molecule has 1 N–H and O–H groups in total. The van der Waals surface area contributed by atoms with E-state index in [2.05, 4.69) is 29.8 Å². The Morgan fingerprint density at radius 3 is 3.08 bits per heavy atom. The van der Waals surface area contributed by atoms with Crippen LogP contribution in [0, 0.1) is 0 Å². The van der Waals surface area contributed by atoms with E-state index in [1.807, 2.05) is 0 Å². The highest BCUT2D eigenvalue weighted by molar-refractivity contribution is 8.10. The molecule has 0 amide bonds. The van der Waals surface area contributed by atoms with Crippen LogP contribution < -0.4 is 5.32 Å². The maximum Gasteiger partial charge on any atom is 0.133 e. The van der Waals surface area contributed by atoms with Crippen molar-refractivity contribution in [2.75, 3.05) is 19.6 Å². The maximum absolute atomic E-state index is 5.07. The van der Waals surface area contributed by atoms with E-state index in [0.717, 1.165) is 24.0 Å². The zero-order valence-electron chi connectivity index (χ0n) is 7.42. The highest BCUT2D eigenvalue weighted by Crippen LogP contribution is 2.11. The van der Waals surface area contributed by atoms with Crippen molar-refractivity contribution in [2.24, 2.45) is 0 Å². The van der Waals surface area contributed by atoms with Crippen LogP contribution in [0.3, 0.4) is 0 Å². The van der Waals surface area contributed by atoms with Crippen molar-refractivity contribution in [2.45, 2.75) is 25.8 Å². The number of thiocarbonyl (C=S) groups is 1. The summed E-state index contributed by atoms with van der Waals surface area (Å²) in [5, 5.41) is 3.37. The van der Waals surface area contributed by atoms with Gasteiger partial charge in [-0.3, -0.25) is 0 Å². The number of nitrogens with zero attached hydrogens (tertiary/aromatic N) is 1. The summed E-state index contributed by atoms with van der Waals surface area (Å²) in [7, 11) is 0. The molecule has 0 aromatic heterocycles. The Morgan fingerprint density at radius 2 is 2.50 bits per heavy atom. The lowest BCUT2D eigenvalue weighted by molar-refractivity contribution is 0.252. The molecule has 1 aliphatic rings. The average Bonchev–Trinajstić information content (AvgIpc) is 2.05. The highest BCUT2D eigenvalue weighted by Gasteiger charge is 2.21. The minimum Gasteiger partial charge on any atom is -0.352 e. The van der Waals surface area contributed by atoms with Crippen LogP contribution in [0.25, 0.3) is 0 Å². The molecular formula is C8H16N2S2. The maximum atomic E-state index is 5.07. The van der Waals surface area contributed by atoms with Crippen LogP contribution in [-0.4, -0.2) is 34.9 Å². The molecule has 0 aliphatic carbocycles. The molecule has 1 unspecified atom stereocenters. The molecule has 1 saturated heterocycles. The van der Waals surface area contributed by atoms with Crippen molar-refractivity contribution in [3.05, 3.63) is 0 Å². The number of hydrogen-bond donors (Lipinski definition) is 2. The van der Waals surface area contributed by atoms with Crippen LogP contribution in [0.1, 0.15) is 19.8 Å². The smallest absolute Gasteiger partial charge is 0.133 e. The van der Waals surface area contributed by atoms with Gasteiger partial charge in [-0.25, -0.2) is 0 Å². The third-order valence-corrected chi connectivity index (χ3v) is 2.71. The van der Waals surface area contributed by atoms with Gasteiger partial charge in [-0.15, -0.1) is 12.6 Å². The van der Waals surface area contributed by atoms with E-state index >= 15 is 0 Å². The van der Waals surface area contributed by atoms with Crippen molar-refractivity contribution >= 4 is 29.2 Å². The van der Waals surface area contributed by atoms with E-state index in [0.29, 0.717) is 6.04 Å². The number of rotatable bonds is 2. The van der Waals surface area contributed by atoms with Gasteiger partial charge in [-0.2, -0.15) is 0 Å². The van der Waals surface area contributed by atoms with Gasteiger partial charge in [0.05, 0.1) is 0 Å². The summed E-state index contributed by atoms with van der Waals surface area (Å²) in [5.41, 5.74) is 0. The first-order valence-corrected chi connectivity index (χ1v) is 5.31. The lowest BCUT2D eigenvalue weighted by Crippen LogP contribution is -2.51. The van der Waals surface area contributed by atoms with Gasteiger partial charge < -0.3 is 10.2 Å². The highest BCUT2D eigenvalue weighted by atomic mass is 32.1. The molecule has 0 radical (unpaired) electrons. The second-order valence-electron chi connectivity index (χ2n) is 3.12. The largest absolute Gasteiger partial charge is 0.352 e. The summed E-state index contributed by atoms with van der Waals surface area (Å²) in [5.74, 6) is 0. The van der Waals surface area contributed by atoms with Crippen molar-refractivity contribution < 1.29 is 0 Å². The van der Waals surface area contributed by atoms with Crippen molar-refractivity contribution in [1.82, 2.24) is 10.2 Å². The molecule has 0 bridgehead atoms. The van der Waals surface area contributed by atoms with Gasteiger partial charge >= 0.3 is 0 Å². The Hall–Kier alpha value is 0.200. The number of thiol groups is 1. The summed E-state index contributed by atoms with van der Waals surface area (Å²) in [6, 6.07) is 0.564. The average molecular weight is 204 g/mol. The Labute approximate surface area is 85.1 Å². The minimum absolute atomic E-state index is 0.564. The zero-order chi connectivity index (χ0) is 8.97. The predicted molar refractivity (Wildman–Crippen MR) is 59.9 cm³/mol. The number of hydrogen-bond acceptors (Lipinski definition) is 2. The van der Waals surface area contributed by atoms with E-state index in [4.69, 9.17) is 12.2 Å². The van der Waals surface area contributed by atoms with Crippen LogP contribution in [0.5, 0.6) is 0 Å². The fourth-order valence-corrected chi connectivity index (χ4v) is 2.11. The van der Waals surface area contributed by atoms with Crippen LogP contribution in [0.15, 0.2) is 0 Å². The van der Waals surface area contributed by atoms with Crippen LogP contribution >= 0.6 is 24.8 Å². The van der Waals surface area contributed by atoms with E-state index in [9.17, 15) is 0 Å². The minimum atomic E-state index is 0.564. The first-order chi connectivity index (χ1) is 5.75. The number of nitrogens with one attached hydrogen (secondary N) is 1. The van der Waals surface area contributed by atoms with E-state index in [-0.39, 0.29) is 0 Å². The Morgan fingerprint density at radius 1 is 1.75 bits per heavy atom. The lowest BCUT2D eigenvalue weighted by atomic mass is 10.1. The van der Waals surface area contributed by atoms with Crippen LogP contribution in [-0.2, 0) is 0 Å². The quantitative estimate of drug-likeness (QED) is 0.521. The Kier molecular flexibility index (Phi) is 4.32. The first-order valence-electron chi connectivity index (χ1n) is 4.46. The van der Waals surface area contributed by atoms with E-state index in [1.54, 1.807) is 0 Å². The zero-order valence-corrected chi connectivity index (χ0v) is 9.13. The molecule has 1 heterocycles. The molecule has 12 heavy (non-hydrogen) atoms. The summed E-state index contributed by atoms with van der Waals surface area (Å²) in [6.45, 7) is 5.29. The number of piperazine rings is 1. The molecule has 1 rings (SSSR count). The van der Waals surface area contributed by atoms with E-state index < -0.39 is 0 Å². The molecule has 1 fully saturated rings. The summed E-state index contributed by atoms with van der Waals surface area (Å²) in [4.78, 5) is 2.22. The molecule has 2 nitrogen and oxygen atoms in total. The second-order valence-corrected chi connectivity index (χ2v) is 4.24. The van der Waals surface area contributed by atoms with Crippen molar-refractivity contribution in [3.8, 4) is 0 Å². The lowest BCUT2D eigenvalue weighted by Gasteiger charge is -2.36. The SMILES string of the molecule is CCCC1CNCCN1C(=S)S. The molecule has 4 heteroatoms. The van der Waals surface area contributed by atoms with Gasteiger partial charge in [0.15, 0.2) is 0 Å². The van der Waals surface area contributed by atoms with Gasteiger partial charge in [0.1, 0.15) is 4.32 Å². The summed E-state index contributed by atoms with van der Waals surface area (Å²) >= 11 is 9.29. The second kappa shape index (κ2) is 5.04. The topological polar surface area (TPSA) is 15.3 Å². The molecule has 0 spiro atoms. The van der Waals surface area contributed by atoms with Crippen molar-refractivity contribution in [1.29, 1.82) is 0 Å². The molecule has 1 atom stereocenters. The summed E-state index contributed by atoms with van der Waals surface area (Å²) in [6.07, 6.45) is 2.41. The molecule has 1 aliphatic heterocycles. The third-order valence-electron chi connectivity index (χ3n) is 2.22. The van der Waals surface area contributed by atoms with E-state index in [1.165, 1.54) is 12.8 Å². The molecule has 0 aromatic rings. The third kappa shape index (κ3) is 2.61. The van der Waals surface area contributed by atoms with Gasteiger partial charge in [-0.05, 0) is 6.42 Å². The van der Waals surface area contributed by atoms with Gasteiger partial charge in [0.2, 0.25) is 0 Å². The standard InChI is InChI=1S/C8H16N2S2/c1-2-3-7-6-9-4-5-10(7)8(11)12/h7,9H,2-6H2,1H3,(H,11,12). The molecule has 70 valence electrons. The fraction of sp³-hybridized carbons (Fsp3) is 0.875. The molecule has 0 aromatic carbocycles. The van der Waals surface area contributed by atoms with Gasteiger partial charge in [-0.1, -0.05) is 25.6 Å². The summed E-state index contributed by atoms with van der Waals surface area (Å²) < 4.78 is 0.745. The fourth-order valence-electron chi connectivity index (χ4n) is 1.60. The Bertz CT molecular complexity index is 159. The predicted octanol–water partition coefficient (Wildman–Crippen LogP) is 1.27. The normalized spacial score (nSPS) is 24.2. The first kappa shape index (κ1) is 10.3. The van der Waals surface area contributed by atoms with Gasteiger partial charge in [0, 0.05) is 25.7 Å². The van der Waals surface area contributed by atoms with Gasteiger partial charge in [0.25, 0.3) is 0 Å². The van der Waals surface area contributed by atoms with Crippen LogP contribution in [0.2, 0.25) is 0 Å².